The van der Waals surface area contributed by atoms with Crippen molar-refractivity contribution < 1.29 is 23.5 Å². The van der Waals surface area contributed by atoms with Crippen LogP contribution in [0.25, 0.3) is 0 Å². The zero-order valence-corrected chi connectivity index (χ0v) is 14.5. The van der Waals surface area contributed by atoms with Crippen LogP contribution in [0.2, 0.25) is 0 Å². The fourth-order valence-corrected chi connectivity index (χ4v) is 2.33. The smallest absolute Gasteiger partial charge is 0.342 e. The monoisotopic (exact) mass is 343 g/mol. The molecule has 6 nitrogen and oxygen atoms in total. The highest BCUT2D eigenvalue weighted by atomic mass is 16.5. The van der Waals surface area contributed by atoms with Crippen molar-refractivity contribution in [3.05, 3.63) is 59.0 Å². The Morgan fingerprint density at radius 2 is 1.84 bits per heavy atom. The summed E-state index contributed by atoms with van der Waals surface area (Å²) in [5.74, 6) is -0.481. The fraction of sp³-hybridized carbons (Fsp3) is 0.316. The number of esters is 1. The summed E-state index contributed by atoms with van der Waals surface area (Å²) in [5.41, 5.74) is 1.78. The van der Waals surface area contributed by atoms with Gasteiger partial charge in [-0.05, 0) is 31.9 Å². The highest BCUT2D eigenvalue weighted by molar-refractivity contribution is 6.01. The Kier molecular flexibility index (Phi) is 6.11. The lowest BCUT2D eigenvalue weighted by molar-refractivity contribution is -0.118. The number of furan rings is 1. The number of nitrogens with one attached hydrogen (secondary N) is 1. The van der Waals surface area contributed by atoms with E-state index >= 15 is 0 Å². The van der Waals surface area contributed by atoms with Crippen LogP contribution in [0, 0.1) is 6.92 Å². The number of hydrogen-bond donors (Lipinski definition) is 1. The van der Waals surface area contributed by atoms with Crippen molar-refractivity contribution in [2.45, 2.75) is 33.3 Å². The summed E-state index contributed by atoms with van der Waals surface area (Å²) in [6, 6.07) is 8.55. The molecule has 2 rings (SSSR count). The fourth-order valence-electron chi connectivity index (χ4n) is 2.33. The third kappa shape index (κ3) is 5.04. The molecular weight excluding hydrogens is 322 g/mol. The predicted octanol–water partition coefficient (Wildman–Crippen LogP) is 2.69. The normalized spacial score (nSPS) is 11.6. The van der Waals surface area contributed by atoms with Gasteiger partial charge in [0.25, 0.3) is 0 Å². The van der Waals surface area contributed by atoms with E-state index in [-0.39, 0.29) is 11.7 Å². The van der Waals surface area contributed by atoms with E-state index in [1.54, 1.807) is 26.0 Å². The predicted molar refractivity (Wildman–Crippen MR) is 91.5 cm³/mol. The van der Waals surface area contributed by atoms with E-state index in [1.807, 2.05) is 12.1 Å². The minimum atomic E-state index is -0.896. The van der Waals surface area contributed by atoms with Crippen molar-refractivity contribution in [1.29, 1.82) is 0 Å². The van der Waals surface area contributed by atoms with Crippen molar-refractivity contribution in [1.82, 2.24) is 5.32 Å². The van der Waals surface area contributed by atoms with Gasteiger partial charge in [-0.15, -0.1) is 0 Å². The first-order valence-electron chi connectivity index (χ1n) is 8.01. The van der Waals surface area contributed by atoms with Crippen LogP contribution < -0.4 is 5.32 Å². The molecular formula is C19H21NO5. The van der Waals surface area contributed by atoms with Gasteiger partial charge in [0.2, 0.25) is 11.7 Å². The summed E-state index contributed by atoms with van der Waals surface area (Å²) in [5, 5.41) is 2.72. The molecule has 0 aliphatic carbocycles. The van der Waals surface area contributed by atoms with E-state index in [0.29, 0.717) is 29.9 Å². The van der Waals surface area contributed by atoms with Crippen molar-refractivity contribution in [3.63, 3.8) is 0 Å². The molecule has 1 aromatic heterocycles. The molecule has 0 aliphatic rings. The highest BCUT2D eigenvalue weighted by Crippen LogP contribution is 2.14. The molecule has 0 fully saturated rings. The molecule has 0 saturated heterocycles. The van der Waals surface area contributed by atoms with E-state index in [9.17, 15) is 14.4 Å². The second-order valence-corrected chi connectivity index (χ2v) is 5.73. The molecule has 6 heteroatoms. The van der Waals surface area contributed by atoms with Crippen LogP contribution in [0.4, 0.5) is 0 Å². The average molecular weight is 343 g/mol. The minimum Gasteiger partial charge on any atom is -0.469 e. The van der Waals surface area contributed by atoms with Gasteiger partial charge >= 0.3 is 5.97 Å². The largest absolute Gasteiger partial charge is 0.469 e. The van der Waals surface area contributed by atoms with Gasteiger partial charge < -0.3 is 14.5 Å². The van der Waals surface area contributed by atoms with E-state index in [1.165, 1.54) is 19.3 Å². The van der Waals surface area contributed by atoms with Gasteiger partial charge in [-0.3, -0.25) is 9.59 Å². The topological polar surface area (TPSA) is 85.6 Å². The number of ether oxygens (including phenoxy) is 1. The van der Waals surface area contributed by atoms with Crippen LogP contribution in [0.15, 0.2) is 41.0 Å². The minimum absolute atomic E-state index is 0.0738. The second-order valence-electron chi connectivity index (χ2n) is 5.73. The molecule has 0 spiro atoms. The van der Waals surface area contributed by atoms with Crippen molar-refractivity contribution in [2.75, 3.05) is 6.54 Å². The molecule has 1 heterocycles. The second kappa shape index (κ2) is 8.28. The maximum Gasteiger partial charge on any atom is 0.342 e. The van der Waals surface area contributed by atoms with Crippen LogP contribution in [-0.4, -0.2) is 30.3 Å². The van der Waals surface area contributed by atoms with E-state index < -0.39 is 12.1 Å². The summed E-state index contributed by atoms with van der Waals surface area (Å²) in [7, 11) is 0. The first kappa shape index (κ1) is 18.4. The van der Waals surface area contributed by atoms with Gasteiger partial charge in [0.15, 0.2) is 6.10 Å². The Balaban J connectivity index is 1.94. The number of carbonyl (C=O) groups is 3. The molecule has 0 saturated carbocycles. The van der Waals surface area contributed by atoms with Crippen LogP contribution in [0.1, 0.15) is 45.9 Å². The van der Waals surface area contributed by atoms with Crippen molar-refractivity contribution in [3.8, 4) is 0 Å². The molecule has 1 atom stereocenters. The van der Waals surface area contributed by atoms with Crippen LogP contribution in [0.5, 0.6) is 0 Å². The lowest BCUT2D eigenvalue weighted by atomic mass is 10.0. The Labute approximate surface area is 146 Å². The van der Waals surface area contributed by atoms with Crippen molar-refractivity contribution in [2.24, 2.45) is 0 Å². The Morgan fingerprint density at radius 1 is 1.16 bits per heavy atom. The van der Waals surface area contributed by atoms with Crippen LogP contribution in [-0.2, 0) is 16.0 Å². The molecule has 0 unspecified atom stereocenters. The third-order valence-corrected chi connectivity index (χ3v) is 3.76. The van der Waals surface area contributed by atoms with Gasteiger partial charge in [0.1, 0.15) is 11.3 Å². The molecule has 25 heavy (non-hydrogen) atoms. The zero-order valence-electron chi connectivity index (χ0n) is 14.5. The van der Waals surface area contributed by atoms with Crippen molar-refractivity contribution >= 4 is 17.7 Å². The SMILES string of the molecule is CC(=O)NCCc1ccc(C(=O)[C@H](C)OC(=O)c2ccoc2C)cc1. The average Bonchev–Trinajstić information content (AvgIpc) is 3.00. The summed E-state index contributed by atoms with van der Waals surface area (Å²) >= 11 is 0. The summed E-state index contributed by atoms with van der Waals surface area (Å²) < 4.78 is 10.3. The first-order chi connectivity index (χ1) is 11.9. The van der Waals surface area contributed by atoms with Gasteiger partial charge in [0, 0.05) is 19.0 Å². The van der Waals surface area contributed by atoms with Gasteiger partial charge in [-0.1, -0.05) is 24.3 Å². The van der Waals surface area contributed by atoms with Gasteiger partial charge in [-0.2, -0.15) is 0 Å². The lowest BCUT2D eigenvalue weighted by Crippen LogP contribution is -2.24. The van der Waals surface area contributed by atoms with Crippen LogP contribution in [0.3, 0.4) is 0 Å². The number of benzene rings is 1. The number of rotatable bonds is 7. The van der Waals surface area contributed by atoms with E-state index in [0.717, 1.165) is 5.56 Å². The van der Waals surface area contributed by atoms with Gasteiger partial charge in [0.05, 0.1) is 6.26 Å². The Morgan fingerprint density at radius 3 is 2.40 bits per heavy atom. The molecule has 0 radical (unpaired) electrons. The van der Waals surface area contributed by atoms with E-state index in [2.05, 4.69) is 5.32 Å². The summed E-state index contributed by atoms with van der Waals surface area (Å²) in [6.07, 6.45) is 1.18. The number of hydrogen-bond acceptors (Lipinski definition) is 5. The quantitative estimate of drug-likeness (QED) is 0.617. The summed E-state index contributed by atoms with van der Waals surface area (Å²) in [6.45, 7) is 5.21. The Bertz CT molecular complexity index is 760. The molecule has 1 N–H and O–H groups in total. The molecule has 0 aliphatic heterocycles. The molecule has 132 valence electrons. The molecule has 0 bridgehead atoms. The standard InChI is InChI=1S/C19H21NO5/c1-12-17(9-11-24-12)19(23)25-13(2)18(22)16-6-4-15(5-7-16)8-10-20-14(3)21/h4-7,9,11,13H,8,10H2,1-3H3,(H,20,21)/t13-/m0/s1. The number of ketones is 1. The van der Waals surface area contributed by atoms with Crippen LogP contribution >= 0.6 is 0 Å². The zero-order chi connectivity index (χ0) is 18.4. The first-order valence-corrected chi connectivity index (χ1v) is 8.01. The molecule has 1 amide bonds. The number of aryl methyl sites for hydroxylation is 1. The maximum absolute atomic E-state index is 12.4. The number of amides is 1. The van der Waals surface area contributed by atoms with Gasteiger partial charge in [-0.25, -0.2) is 4.79 Å². The summed E-state index contributed by atoms with van der Waals surface area (Å²) in [4.78, 5) is 35.3. The molecule has 1 aromatic carbocycles. The lowest BCUT2D eigenvalue weighted by Gasteiger charge is -2.12. The molecule has 2 aromatic rings. The van der Waals surface area contributed by atoms with E-state index in [4.69, 9.17) is 9.15 Å². The maximum atomic E-state index is 12.4. The number of Topliss-reactive ketones (excluding diaryl/α,β-unsaturated/α-hetero) is 1. The highest BCUT2D eigenvalue weighted by Gasteiger charge is 2.22. The Hall–Kier alpha value is -2.89. The number of carbonyl (C=O) groups excluding carboxylic acids is 3. The third-order valence-electron chi connectivity index (χ3n) is 3.76.